The summed E-state index contributed by atoms with van der Waals surface area (Å²) in [6.45, 7) is 0. The molecule has 12 rings (SSSR count). The van der Waals surface area contributed by atoms with Crippen LogP contribution in [0.2, 0.25) is 0 Å². The van der Waals surface area contributed by atoms with E-state index in [0.717, 1.165) is 105 Å². The maximum absolute atomic E-state index is 6.78. The van der Waals surface area contributed by atoms with Crippen LogP contribution in [0.3, 0.4) is 0 Å². The molecule has 0 spiro atoms. The zero-order chi connectivity index (χ0) is 41.7. The van der Waals surface area contributed by atoms with Gasteiger partial charge >= 0.3 is 0 Å². The molecule has 0 fully saturated rings. The molecule has 12 aromatic rings. The summed E-state index contributed by atoms with van der Waals surface area (Å²) in [4.78, 5) is 19.7. The van der Waals surface area contributed by atoms with Crippen LogP contribution in [0.25, 0.3) is 122 Å². The molecule has 3 aromatic heterocycles. The molecule has 9 aromatic carbocycles. The summed E-state index contributed by atoms with van der Waals surface area (Å²) in [5, 5.41) is 5.32. The first-order chi connectivity index (χ1) is 31.2. The first kappa shape index (κ1) is 36.2. The minimum absolute atomic E-state index is 0.639. The summed E-state index contributed by atoms with van der Waals surface area (Å²) in [5.41, 5.74) is 14.0. The zero-order valence-corrected chi connectivity index (χ0v) is 33.8. The lowest BCUT2D eigenvalue weighted by molar-refractivity contribution is 0.673. The highest BCUT2D eigenvalue weighted by Gasteiger charge is 2.20. The highest BCUT2D eigenvalue weighted by Crippen LogP contribution is 2.43. The lowest BCUT2D eigenvalue weighted by Crippen LogP contribution is -2.00. The Morgan fingerprint density at radius 2 is 0.873 bits per heavy atom. The Bertz CT molecular complexity index is 3570. The van der Waals surface area contributed by atoms with Gasteiger partial charge in [-0.1, -0.05) is 188 Å². The van der Waals surface area contributed by atoms with Crippen LogP contribution in [0.5, 0.6) is 0 Å². The Kier molecular flexibility index (Phi) is 8.65. The zero-order valence-electron chi connectivity index (χ0n) is 33.8. The summed E-state index contributed by atoms with van der Waals surface area (Å²) in [6, 6.07) is 77.4. The van der Waals surface area contributed by atoms with Crippen molar-refractivity contribution in [3.05, 3.63) is 218 Å². The molecule has 292 valence electrons. The summed E-state index contributed by atoms with van der Waals surface area (Å²) in [5.74, 6) is 1.94. The molecule has 5 nitrogen and oxygen atoms in total. The van der Waals surface area contributed by atoms with Crippen molar-refractivity contribution < 1.29 is 4.42 Å². The second kappa shape index (κ2) is 15.1. The van der Waals surface area contributed by atoms with E-state index in [1.807, 2.05) is 84.9 Å². The fourth-order valence-corrected chi connectivity index (χ4v) is 8.70. The number of rotatable bonds is 7. The maximum Gasteiger partial charge on any atom is 0.164 e. The highest BCUT2D eigenvalue weighted by atomic mass is 16.3. The van der Waals surface area contributed by atoms with Crippen molar-refractivity contribution in [1.82, 2.24) is 19.9 Å². The van der Waals surface area contributed by atoms with E-state index in [-0.39, 0.29) is 0 Å². The number of fused-ring (bicyclic) bond motifs is 7. The van der Waals surface area contributed by atoms with Gasteiger partial charge in [-0.05, 0) is 63.7 Å². The van der Waals surface area contributed by atoms with Crippen molar-refractivity contribution in [3.63, 3.8) is 0 Å². The normalized spacial score (nSPS) is 11.4. The van der Waals surface area contributed by atoms with Gasteiger partial charge in [-0.15, -0.1) is 0 Å². The topological polar surface area (TPSA) is 64.7 Å². The predicted molar refractivity (Wildman–Crippen MR) is 256 cm³/mol. The molecule has 0 N–H and O–H groups in total. The van der Waals surface area contributed by atoms with Gasteiger partial charge in [0.15, 0.2) is 17.5 Å². The molecular formula is C58H34N4O. The fourth-order valence-electron chi connectivity index (χ4n) is 8.70. The number of para-hydroxylation sites is 1. The average molecular weight is 803 g/mol. The van der Waals surface area contributed by atoms with Crippen molar-refractivity contribution in [2.75, 3.05) is 0 Å². The van der Waals surface area contributed by atoms with Crippen LogP contribution in [0.15, 0.2) is 211 Å². The molecule has 63 heavy (non-hydrogen) atoms. The molecule has 0 bridgehead atoms. The van der Waals surface area contributed by atoms with Crippen molar-refractivity contribution in [1.29, 1.82) is 0 Å². The Morgan fingerprint density at radius 3 is 1.46 bits per heavy atom. The highest BCUT2D eigenvalue weighted by molar-refractivity contribution is 6.26. The van der Waals surface area contributed by atoms with Crippen LogP contribution in [0, 0.1) is 12.1 Å². The van der Waals surface area contributed by atoms with Crippen LogP contribution in [0.4, 0.5) is 0 Å². The fraction of sp³-hybridized carbons (Fsp3) is 0. The second-order valence-electron chi connectivity index (χ2n) is 15.6. The lowest BCUT2D eigenvalue weighted by atomic mass is 9.94. The number of aromatic nitrogens is 4. The minimum Gasteiger partial charge on any atom is -0.455 e. The van der Waals surface area contributed by atoms with Gasteiger partial charge in [-0.2, -0.15) is 0 Å². The molecule has 0 saturated carbocycles. The molecule has 0 aliphatic carbocycles. The lowest BCUT2D eigenvalue weighted by Gasteiger charge is -2.10. The molecule has 0 atom stereocenters. The number of furan rings is 1. The van der Waals surface area contributed by atoms with Gasteiger partial charge in [0.2, 0.25) is 0 Å². The van der Waals surface area contributed by atoms with Crippen LogP contribution in [0.1, 0.15) is 0 Å². The Labute approximate surface area is 363 Å². The van der Waals surface area contributed by atoms with Crippen molar-refractivity contribution in [3.8, 4) is 78.8 Å². The number of benzene rings is 8. The monoisotopic (exact) mass is 802 g/mol. The number of hydrogen-bond acceptors (Lipinski definition) is 5. The van der Waals surface area contributed by atoms with Crippen LogP contribution in [-0.2, 0) is 0 Å². The second-order valence-corrected chi connectivity index (χ2v) is 15.6. The third-order valence-electron chi connectivity index (χ3n) is 11.8. The van der Waals surface area contributed by atoms with Gasteiger partial charge in [0.1, 0.15) is 11.2 Å². The molecule has 0 amide bonds. The van der Waals surface area contributed by atoms with Gasteiger partial charge in [0.05, 0.1) is 16.8 Å². The van der Waals surface area contributed by atoms with Gasteiger partial charge in [0, 0.05) is 43.6 Å². The number of pyridine rings is 1. The molecule has 3 heterocycles. The van der Waals surface area contributed by atoms with E-state index in [4.69, 9.17) is 24.4 Å². The quantitative estimate of drug-likeness (QED) is 0.150. The van der Waals surface area contributed by atoms with E-state index in [1.165, 1.54) is 0 Å². The first-order valence-electron chi connectivity index (χ1n) is 21.0. The third kappa shape index (κ3) is 6.46. The van der Waals surface area contributed by atoms with E-state index < -0.39 is 0 Å². The maximum atomic E-state index is 6.78. The third-order valence-corrected chi connectivity index (χ3v) is 11.8. The molecule has 0 saturated heterocycles. The molecule has 0 unspecified atom stereocenters. The molecular weight excluding hydrogens is 769 g/mol. The summed E-state index contributed by atoms with van der Waals surface area (Å²) in [7, 11) is 0. The molecule has 0 radical (unpaired) electrons. The van der Waals surface area contributed by atoms with Crippen molar-refractivity contribution >= 4 is 43.6 Å². The SMILES string of the molecule is c1cccc(-c2nc3ccccc3c3c2ccc2c3oc3cccc(-c4ccc(-c5ccc(-c6ccc(-c7nc(-c8ccccc8)nc(-c8ccccc8)n7)cc6)cc5)cc4)c32)c#1. The van der Waals surface area contributed by atoms with E-state index >= 15 is 0 Å². The van der Waals surface area contributed by atoms with E-state index in [9.17, 15) is 0 Å². The Morgan fingerprint density at radius 1 is 0.349 bits per heavy atom. The summed E-state index contributed by atoms with van der Waals surface area (Å²) < 4.78 is 6.78. The minimum atomic E-state index is 0.639. The van der Waals surface area contributed by atoms with Crippen LogP contribution >= 0.6 is 0 Å². The first-order valence-corrected chi connectivity index (χ1v) is 21.0. The van der Waals surface area contributed by atoms with E-state index in [0.29, 0.717) is 17.5 Å². The standard InChI is InChI=1S/C58H34N4O/c1-4-13-42(14-5-1)54-48-35-36-49-52-46(20-12-22-51(52)63-55(49)53(48)47-19-10-11-21-50(47)59-54)41-31-27-39(28-32-41)37-23-25-38(26-24-37)40-29-33-45(34-30-40)58-61-56(43-15-6-2-7-16-43)60-57(62-58)44-17-8-3-9-18-44/h1-4,6-13,15-36H. The van der Waals surface area contributed by atoms with Crippen LogP contribution in [-0.4, -0.2) is 19.9 Å². The van der Waals surface area contributed by atoms with Gasteiger partial charge in [0.25, 0.3) is 0 Å². The van der Waals surface area contributed by atoms with Gasteiger partial charge < -0.3 is 4.42 Å². The smallest absolute Gasteiger partial charge is 0.164 e. The van der Waals surface area contributed by atoms with E-state index in [1.54, 1.807) is 0 Å². The van der Waals surface area contributed by atoms with Gasteiger partial charge in [-0.25, -0.2) is 19.9 Å². The Hall–Kier alpha value is -8.72. The molecule has 5 heteroatoms. The van der Waals surface area contributed by atoms with Crippen molar-refractivity contribution in [2.24, 2.45) is 0 Å². The predicted octanol–water partition coefficient (Wildman–Crippen LogP) is 14.7. The largest absolute Gasteiger partial charge is 0.455 e. The average Bonchev–Trinajstić information content (AvgIpc) is 3.76. The number of nitrogens with zero attached hydrogens (tertiary/aromatic N) is 4. The van der Waals surface area contributed by atoms with E-state index in [2.05, 4.69) is 133 Å². The summed E-state index contributed by atoms with van der Waals surface area (Å²) in [6.07, 6.45) is 0. The van der Waals surface area contributed by atoms with Crippen molar-refractivity contribution in [2.45, 2.75) is 0 Å². The molecule has 0 aliphatic heterocycles. The molecule has 0 aliphatic rings. The van der Waals surface area contributed by atoms with Crippen LogP contribution < -0.4 is 0 Å². The van der Waals surface area contributed by atoms with Gasteiger partial charge in [-0.3, -0.25) is 0 Å². The summed E-state index contributed by atoms with van der Waals surface area (Å²) >= 11 is 0. The number of hydrogen-bond donors (Lipinski definition) is 0. The Balaban J connectivity index is 0.847.